The van der Waals surface area contributed by atoms with E-state index in [2.05, 4.69) is 11.7 Å². The van der Waals surface area contributed by atoms with Crippen LogP contribution in [0, 0.1) is 46.3 Å². The third-order valence-electron chi connectivity index (χ3n) is 11.6. The summed E-state index contributed by atoms with van der Waals surface area (Å²) in [6.45, 7) is 7.14. The zero-order valence-corrected chi connectivity index (χ0v) is 25.9. The Balaban J connectivity index is 1.46. The Morgan fingerprint density at radius 1 is 1.07 bits per heavy atom. The minimum Gasteiger partial charge on any atom is -0.463 e. The molecule has 44 heavy (non-hydrogen) atoms. The number of carbonyl (C=O) groups excluding carboxylic acids is 3. The van der Waals surface area contributed by atoms with Gasteiger partial charge in [-0.15, -0.1) is 0 Å². The van der Waals surface area contributed by atoms with E-state index in [4.69, 9.17) is 9.29 Å². The summed E-state index contributed by atoms with van der Waals surface area (Å²) in [6.07, 6.45) is -8.34. The normalized spacial score (nSPS) is 39.0. The first-order chi connectivity index (χ1) is 20.0. The largest absolute Gasteiger partial charge is 0.463 e. The number of ketones is 1. The van der Waals surface area contributed by atoms with E-state index in [1.807, 2.05) is 6.92 Å². The third-order valence-corrected chi connectivity index (χ3v) is 12.5. The van der Waals surface area contributed by atoms with Crippen LogP contribution >= 0.6 is 0 Å². The number of fused-ring (bicyclic) bond motifs is 5. The molecule has 0 aromatic carbocycles. The smallest absolute Gasteiger partial charge is 0.432 e. The summed E-state index contributed by atoms with van der Waals surface area (Å²) in [7, 11) is -6.54. The number of Topliss-reactive ketones (excluding diaryl/α,β-unsaturated/α-hetero) is 1. The molecule has 4 aliphatic rings. The minimum absolute atomic E-state index is 0.0155. The summed E-state index contributed by atoms with van der Waals surface area (Å²) in [5, 5.41) is 5.85. The fraction of sp³-hybridized carbons (Fsp3) is 0.897. The highest BCUT2D eigenvalue weighted by atomic mass is 32.2. The van der Waals surface area contributed by atoms with Gasteiger partial charge >= 0.3 is 33.5 Å². The number of halogens is 5. The fourth-order valence-corrected chi connectivity index (χ4v) is 9.82. The Hall–Kier alpha value is -1.87. The summed E-state index contributed by atoms with van der Waals surface area (Å²) in [6, 6.07) is 0. The van der Waals surface area contributed by atoms with Crippen LogP contribution in [0.25, 0.3) is 0 Å². The van der Waals surface area contributed by atoms with Gasteiger partial charge in [0.25, 0.3) is 6.10 Å². The van der Waals surface area contributed by atoms with E-state index < -0.39 is 57.5 Å². The van der Waals surface area contributed by atoms with E-state index in [0.717, 1.165) is 6.42 Å². The van der Waals surface area contributed by atoms with Crippen LogP contribution in [0.15, 0.2) is 0 Å². The monoisotopic (exact) mass is 660 g/mol. The standard InChI is InChI=1S/C29H41F5O9S/c1-14(5-8-23(38)43-25(28(30,31)32)29(33,34)44(39,40)41)18-6-7-19-24-20(13-22(37)27(18,19)4)26(3)10-9-17(42-15(2)35)11-16(26)12-21(24)36/h14,16-20,22,24-25,37H,5-13H2,1-4H3,(H,39,40,41)/t14-,16?,17-,18-,19+,20+,22+,24+,25?,26+,27-/m1/s1. The van der Waals surface area contributed by atoms with E-state index in [1.54, 1.807) is 6.92 Å². The molecule has 0 aromatic heterocycles. The van der Waals surface area contributed by atoms with Crippen molar-refractivity contribution in [3.05, 3.63) is 0 Å². The van der Waals surface area contributed by atoms with E-state index in [0.29, 0.717) is 38.5 Å². The van der Waals surface area contributed by atoms with Crippen molar-refractivity contribution >= 4 is 27.8 Å². The van der Waals surface area contributed by atoms with Crippen molar-refractivity contribution in [1.82, 2.24) is 0 Å². The molecule has 0 spiro atoms. The molecule has 0 saturated heterocycles. The lowest BCUT2D eigenvalue weighted by Gasteiger charge is -2.61. The predicted octanol–water partition coefficient (Wildman–Crippen LogP) is 5.10. The zero-order valence-electron chi connectivity index (χ0n) is 25.1. The average Bonchev–Trinajstić information content (AvgIpc) is 3.24. The molecule has 252 valence electrons. The maximum atomic E-state index is 13.8. The van der Waals surface area contributed by atoms with E-state index >= 15 is 0 Å². The van der Waals surface area contributed by atoms with Crippen LogP contribution in [0.2, 0.25) is 0 Å². The summed E-state index contributed by atoms with van der Waals surface area (Å²) >= 11 is 0. The molecule has 2 unspecified atom stereocenters. The number of hydrogen-bond acceptors (Lipinski definition) is 8. The van der Waals surface area contributed by atoms with Gasteiger partial charge in [-0.05, 0) is 80.0 Å². The molecule has 4 aliphatic carbocycles. The highest BCUT2D eigenvalue weighted by Crippen LogP contribution is 2.67. The lowest BCUT2D eigenvalue weighted by atomic mass is 9.43. The Morgan fingerprint density at radius 2 is 1.70 bits per heavy atom. The van der Waals surface area contributed by atoms with Crippen molar-refractivity contribution in [1.29, 1.82) is 0 Å². The summed E-state index contributed by atoms with van der Waals surface area (Å²) in [5.74, 6) is -3.13. The molecule has 4 rings (SSSR count). The maximum Gasteiger partial charge on any atom is 0.432 e. The Kier molecular flexibility index (Phi) is 9.33. The SMILES string of the molecule is CC(=O)O[C@@H]1CC[C@@]2(C)C(CC(=O)[C@H]3[C@@H]4CC[C@H]([C@H](C)CCC(=O)OC(C(F)(F)F)C(F)(F)S(=O)(=O)O)[C@@]4(C)[C@@H](O)C[C@@H]32)C1. The maximum absolute atomic E-state index is 13.8. The number of rotatable bonds is 8. The molecule has 0 heterocycles. The molecule has 11 atom stereocenters. The minimum atomic E-state index is -6.54. The topological polar surface area (TPSA) is 144 Å². The number of alkyl halides is 5. The summed E-state index contributed by atoms with van der Waals surface area (Å²) < 4.78 is 107. The lowest BCUT2D eigenvalue weighted by Crippen LogP contribution is -2.61. The van der Waals surface area contributed by atoms with Gasteiger partial charge in [-0.3, -0.25) is 18.9 Å². The van der Waals surface area contributed by atoms with Gasteiger partial charge in [-0.1, -0.05) is 20.8 Å². The average molecular weight is 661 g/mol. The molecule has 2 N–H and O–H groups in total. The van der Waals surface area contributed by atoms with E-state index in [9.17, 15) is 49.9 Å². The van der Waals surface area contributed by atoms with Gasteiger partial charge in [0, 0.05) is 31.1 Å². The van der Waals surface area contributed by atoms with Gasteiger partial charge < -0.3 is 14.6 Å². The molecule has 0 aliphatic heterocycles. The van der Waals surface area contributed by atoms with Crippen LogP contribution < -0.4 is 0 Å². The van der Waals surface area contributed by atoms with Crippen molar-refractivity contribution in [3.8, 4) is 0 Å². The quantitative estimate of drug-likeness (QED) is 0.207. The number of carbonyl (C=O) groups is 3. The van der Waals surface area contributed by atoms with Gasteiger partial charge in [-0.2, -0.15) is 30.4 Å². The van der Waals surface area contributed by atoms with Crippen molar-refractivity contribution in [2.75, 3.05) is 0 Å². The molecule has 4 saturated carbocycles. The molecule has 15 heteroatoms. The number of esters is 2. The fourth-order valence-electron chi connectivity index (χ4n) is 9.37. The van der Waals surface area contributed by atoms with Crippen LogP contribution in [0.4, 0.5) is 22.0 Å². The molecule has 0 bridgehead atoms. The van der Waals surface area contributed by atoms with Gasteiger partial charge in [-0.25, -0.2) is 0 Å². The Labute approximate surface area is 253 Å². The van der Waals surface area contributed by atoms with Crippen LogP contribution in [-0.4, -0.2) is 65.5 Å². The van der Waals surface area contributed by atoms with E-state index in [-0.39, 0.29) is 59.3 Å². The molecule has 4 fully saturated rings. The second kappa shape index (κ2) is 11.7. The first-order valence-electron chi connectivity index (χ1n) is 15.0. The van der Waals surface area contributed by atoms with Crippen molar-refractivity contribution in [2.45, 2.75) is 115 Å². The van der Waals surface area contributed by atoms with Crippen LogP contribution in [0.5, 0.6) is 0 Å². The van der Waals surface area contributed by atoms with Gasteiger partial charge in [0.15, 0.2) is 0 Å². The van der Waals surface area contributed by atoms with E-state index in [1.165, 1.54) is 6.92 Å². The van der Waals surface area contributed by atoms with Crippen molar-refractivity contribution < 1.29 is 63.9 Å². The summed E-state index contributed by atoms with van der Waals surface area (Å²) in [4.78, 5) is 37.5. The zero-order chi connectivity index (χ0) is 33.2. The first kappa shape index (κ1) is 35.0. The Bertz CT molecular complexity index is 1260. The molecule has 0 aromatic rings. The predicted molar refractivity (Wildman–Crippen MR) is 143 cm³/mol. The van der Waals surface area contributed by atoms with Crippen LogP contribution in [0.3, 0.4) is 0 Å². The highest BCUT2D eigenvalue weighted by molar-refractivity contribution is 7.86. The molecular formula is C29H41F5O9S. The summed E-state index contributed by atoms with van der Waals surface area (Å²) in [5.41, 5.74) is -0.977. The van der Waals surface area contributed by atoms with Crippen molar-refractivity contribution in [3.63, 3.8) is 0 Å². The van der Waals surface area contributed by atoms with Crippen LogP contribution in [-0.2, 0) is 34.0 Å². The second-order valence-electron chi connectivity index (χ2n) is 13.9. The third kappa shape index (κ3) is 6.01. The second-order valence-corrected chi connectivity index (χ2v) is 15.4. The molecule has 0 radical (unpaired) electrons. The number of aliphatic hydroxyl groups excluding tert-OH is 1. The van der Waals surface area contributed by atoms with Crippen molar-refractivity contribution in [2.24, 2.45) is 46.3 Å². The lowest BCUT2D eigenvalue weighted by molar-refractivity contribution is -0.259. The van der Waals surface area contributed by atoms with Gasteiger partial charge in [0.2, 0.25) is 0 Å². The molecule has 0 amide bonds. The number of ether oxygens (including phenoxy) is 2. The van der Waals surface area contributed by atoms with Crippen LogP contribution in [0.1, 0.15) is 85.5 Å². The number of hydrogen-bond donors (Lipinski definition) is 2. The number of aliphatic hydroxyl groups is 1. The molecule has 9 nitrogen and oxygen atoms in total. The Morgan fingerprint density at radius 3 is 2.27 bits per heavy atom. The first-order valence-corrected chi connectivity index (χ1v) is 16.5. The molecular weight excluding hydrogens is 619 g/mol. The highest BCUT2D eigenvalue weighted by Gasteiger charge is 2.67. The van der Waals surface area contributed by atoms with Gasteiger partial charge in [0.1, 0.15) is 11.9 Å². The van der Waals surface area contributed by atoms with Gasteiger partial charge in [0.05, 0.1) is 6.10 Å².